The summed E-state index contributed by atoms with van der Waals surface area (Å²) >= 11 is 6.00. The van der Waals surface area contributed by atoms with Crippen LogP contribution in [-0.2, 0) is 11.2 Å². The van der Waals surface area contributed by atoms with E-state index in [1.807, 2.05) is 12.1 Å². The second-order valence-corrected chi connectivity index (χ2v) is 5.26. The Labute approximate surface area is 146 Å². The normalized spacial score (nSPS) is 9.83. The van der Waals surface area contributed by atoms with Gasteiger partial charge in [0.2, 0.25) is 5.91 Å². The Balaban J connectivity index is 0.00000264. The maximum absolute atomic E-state index is 12.1. The van der Waals surface area contributed by atoms with Gasteiger partial charge in [-0.25, -0.2) is 0 Å². The van der Waals surface area contributed by atoms with E-state index in [1.54, 1.807) is 42.4 Å². The monoisotopic (exact) mass is 355 g/mol. The van der Waals surface area contributed by atoms with Crippen LogP contribution in [-0.4, -0.2) is 36.0 Å². The van der Waals surface area contributed by atoms with E-state index in [4.69, 9.17) is 22.1 Å². The van der Waals surface area contributed by atoms with Gasteiger partial charge in [-0.05, 0) is 24.3 Å². The molecule has 1 aromatic carbocycles. The minimum absolute atomic E-state index is 0. The lowest BCUT2D eigenvalue weighted by atomic mass is 10.2. The number of hydrogen-bond acceptors (Lipinski definition) is 4. The zero-order chi connectivity index (χ0) is 15.9. The summed E-state index contributed by atoms with van der Waals surface area (Å²) in [6, 6.07) is 10.7. The van der Waals surface area contributed by atoms with E-state index in [0.29, 0.717) is 35.3 Å². The number of carbonyl (C=O) groups is 1. The number of amides is 1. The van der Waals surface area contributed by atoms with Gasteiger partial charge < -0.3 is 15.4 Å². The minimum atomic E-state index is -0.0277. The van der Waals surface area contributed by atoms with Gasteiger partial charge in [0.1, 0.15) is 12.4 Å². The topological polar surface area (TPSA) is 68.5 Å². The van der Waals surface area contributed by atoms with Crippen LogP contribution in [0.5, 0.6) is 5.75 Å². The highest BCUT2D eigenvalue weighted by molar-refractivity contribution is 6.32. The predicted molar refractivity (Wildman–Crippen MR) is 94.2 cm³/mol. The number of likely N-dealkylation sites (N-methyl/N-ethyl adjacent to an activating group) is 1. The molecular formula is C16H19Cl2N3O2. The van der Waals surface area contributed by atoms with Crippen molar-refractivity contribution >= 4 is 35.6 Å². The summed E-state index contributed by atoms with van der Waals surface area (Å²) in [6.45, 7) is 0.847. The molecule has 1 aromatic heterocycles. The van der Waals surface area contributed by atoms with E-state index in [2.05, 4.69) is 4.98 Å². The number of carbonyl (C=O) groups excluding carboxylic acids is 1. The number of nitrogen functional groups attached to an aromatic ring is 1. The molecular weight excluding hydrogens is 337 g/mol. The molecule has 0 radical (unpaired) electrons. The minimum Gasteiger partial charge on any atom is -0.490 e. The molecule has 0 saturated heterocycles. The Morgan fingerprint density at radius 1 is 1.30 bits per heavy atom. The number of pyridine rings is 1. The molecule has 0 aliphatic carbocycles. The third kappa shape index (κ3) is 5.96. The lowest BCUT2D eigenvalue weighted by Crippen LogP contribution is -2.32. The van der Waals surface area contributed by atoms with Crippen LogP contribution in [0.15, 0.2) is 42.6 Å². The number of benzene rings is 1. The zero-order valence-electron chi connectivity index (χ0n) is 12.7. The third-order valence-corrected chi connectivity index (χ3v) is 3.44. The smallest absolute Gasteiger partial charge is 0.228 e. The maximum Gasteiger partial charge on any atom is 0.228 e. The van der Waals surface area contributed by atoms with Crippen molar-refractivity contribution in [3.63, 3.8) is 0 Å². The molecule has 0 unspecified atom stereocenters. The molecule has 0 fully saturated rings. The molecule has 0 atom stereocenters. The number of para-hydroxylation sites is 1. The van der Waals surface area contributed by atoms with Crippen molar-refractivity contribution in [1.29, 1.82) is 0 Å². The molecule has 5 nitrogen and oxygen atoms in total. The van der Waals surface area contributed by atoms with Gasteiger partial charge in [-0.1, -0.05) is 23.7 Å². The lowest BCUT2D eigenvalue weighted by Gasteiger charge is -2.17. The largest absolute Gasteiger partial charge is 0.490 e. The van der Waals surface area contributed by atoms with Crippen LogP contribution < -0.4 is 10.5 Å². The van der Waals surface area contributed by atoms with Crippen LogP contribution in [0, 0.1) is 0 Å². The fourth-order valence-electron chi connectivity index (χ4n) is 1.81. The van der Waals surface area contributed by atoms with Crippen LogP contribution in [0.2, 0.25) is 5.02 Å². The lowest BCUT2D eigenvalue weighted by molar-refractivity contribution is -0.129. The van der Waals surface area contributed by atoms with Gasteiger partial charge in [0.25, 0.3) is 0 Å². The average Bonchev–Trinajstić information content (AvgIpc) is 2.51. The summed E-state index contributed by atoms with van der Waals surface area (Å²) in [5, 5.41) is 0.558. The van der Waals surface area contributed by atoms with Crippen molar-refractivity contribution in [1.82, 2.24) is 9.88 Å². The Hall–Kier alpha value is -1.98. The quantitative estimate of drug-likeness (QED) is 0.864. The third-order valence-electron chi connectivity index (χ3n) is 3.13. The van der Waals surface area contributed by atoms with Crippen LogP contribution in [0.25, 0.3) is 0 Å². The van der Waals surface area contributed by atoms with E-state index < -0.39 is 0 Å². The fourth-order valence-corrected chi connectivity index (χ4v) is 2.00. The van der Waals surface area contributed by atoms with Crippen molar-refractivity contribution in [2.24, 2.45) is 0 Å². The summed E-state index contributed by atoms with van der Waals surface area (Å²) in [6.07, 6.45) is 1.78. The molecule has 0 bridgehead atoms. The Bertz CT molecular complexity index is 635. The van der Waals surface area contributed by atoms with Gasteiger partial charge in [0.15, 0.2) is 0 Å². The van der Waals surface area contributed by atoms with Crippen LogP contribution >= 0.6 is 24.0 Å². The number of anilines is 1. The molecule has 7 heteroatoms. The van der Waals surface area contributed by atoms with E-state index >= 15 is 0 Å². The summed E-state index contributed by atoms with van der Waals surface area (Å²) in [7, 11) is 1.73. The Kier molecular flexibility index (Phi) is 7.65. The molecule has 2 N–H and O–H groups in total. The first-order chi connectivity index (χ1) is 10.6. The van der Waals surface area contributed by atoms with Gasteiger partial charge in [-0.2, -0.15) is 0 Å². The summed E-state index contributed by atoms with van der Waals surface area (Å²) in [5.41, 5.74) is 6.84. The van der Waals surface area contributed by atoms with Gasteiger partial charge in [0, 0.05) is 12.7 Å². The molecule has 0 spiro atoms. The number of ether oxygens (including phenoxy) is 1. The van der Waals surface area contributed by atoms with Crippen LogP contribution in [0.1, 0.15) is 5.69 Å². The molecule has 23 heavy (non-hydrogen) atoms. The summed E-state index contributed by atoms with van der Waals surface area (Å²) < 4.78 is 5.57. The molecule has 124 valence electrons. The summed E-state index contributed by atoms with van der Waals surface area (Å²) in [4.78, 5) is 17.8. The van der Waals surface area contributed by atoms with Gasteiger partial charge >= 0.3 is 0 Å². The van der Waals surface area contributed by atoms with E-state index in [9.17, 15) is 4.79 Å². The SMILES string of the molecule is CN(CCOc1ccccc1Cl)C(=O)Cc1ccc(N)cn1.Cl. The zero-order valence-corrected chi connectivity index (χ0v) is 14.3. The van der Waals surface area contributed by atoms with Crippen molar-refractivity contribution in [3.8, 4) is 5.75 Å². The highest BCUT2D eigenvalue weighted by Crippen LogP contribution is 2.22. The van der Waals surface area contributed by atoms with E-state index in [1.165, 1.54) is 0 Å². The molecule has 2 rings (SSSR count). The molecule has 2 aromatic rings. The first-order valence-corrected chi connectivity index (χ1v) is 7.26. The fraction of sp³-hybridized carbons (Fsp3) is 0.250. The number of aromatic nitrogens is 1. The van der Waals surface area contributed by atoms with Gasteiger partial charge in [0.05, 0.1) is 29.9 Å². The number of hydrogen-bond donors (Lipinski definition) is 1. The standard InChI is InChI=1S/C16H18ClN3O2.ClH/c1-20(8-9-22-15-5-3-2-4-14(15)17)16(21)10-13-7-6-12(18)11-19-13;/h2-7,11H,8-10,18H2,1H3;1H. The predicted octanol–water partition coefficient (Wildman–Crippen LogP) is 2.82. The van der Waals surface area contributed by atoms with Crippen LogP contribution in [0.4, 0.5) is 5.69 Å². The Morgan fingerprint density at radius 2 is 2.04 bits per heavy atom. The van der Waals surface area contributed by atoms with Crippen LogP contribution in [0.3, 0.4) is 0 Å². The molecule has 1 amide bonds. The number of halogens is 2. The molecule has 0 saturated carbocycles. The second kappa shape index (κ2) is 9.22. The van der Waals surface area contributed by atoms with Crippen molar-refractivity contribution in [3.05, 3.63) is 53.3 Å². The highest BCUT2D eigenvalue weighted by Gasteiger charge is 2.11. The highest BCUT2D eigenvalue weighted by atomic mass is 35.5. The van der Waals surface area contributed by atoms with Gasteiger partial charge in [-0.3, -0.25) is 9.78 Å². The number of nitrogens with two attached hydrogens (primary N) is 1. The van der Waals surface area contributed by atoms with Crippen molar-refractivity contribution in [2.75, 3.05) is 25.9 Å². The van der Waals surface area contributed by atoms with E-state index in [-0.39, 0.29) is 24.7 Å². The summed E-state index contributed by atoms with van der Waals surface area (Å²) in [5.74, 6) is 0.588. The average molecular weight is 356 g/mol. The maximum atomic E-state index is 12.1. The molecule has 0 aliphatic heterocycles. The molecule has 0 aliphatic rings. The van der Waals surface area contributed by atoms with Gasteiger partial charge in [-0.15, -0.1) is 12.4 Å². The first-order valence-electron chi connectivity index (χ1n) is 6.88. The first kappa shape index (κ1) is 19.1. The Morgan fingerprint density at radius 3 is 2.70 bits per heavy atom. The second-order valence-electron chi connectivity index (χ2n) is 4.85. The van der Waals surface area contributed by atoms with E-state index in [0.717, 1.165) is 0 Å². The van der Waals surface area contributed by atoms with Crippen molar-refractivity contribution in [2.45, 2.75) is 6.42 Å². The number of rotatable bonds is 6. The van der Waals surface area contributed by atoms with Crippen molar-refractivity contribution < 1.29 is 9.53 Å². The molecule has 1 heterocycles. The number of nitrogens with zero attached hydrogens (tertiary/aromatic N) is 2.